The van der Waals surface area contributed by atoms with Gasteiger partial charge in [0.2, 0.25) is 5.75 Å². The van der Waals surface area contributed by atoms with Gasteiger partial charge in [0, 0.05) is 24.7 Å². The molecule has 0 spiro atoms. The van der Waals surface area contributed by atoms with Crippen molar-refractivity contribution < 1.29 is 24.0 Å². The minimum atomic E-state index is -0.675. The number of nitro groups is 1. The minimum absolute atomic E-state index is 0.0468. The lowest BCUT2D eigenvalue weighted by molar-refractivity contribution is -0.385. The SMILES string of the molecule is COc1cc(C=O)cc([N+](=O)[O-])c1OCC(=O)N1CCCC1. The highest BCUT2D eigenvalue weighted by Gasteiger charge is 2.25. The van der Waals surface area contributed by atoms with Crippen LogP contribution in [0.15, 0.2) is 12.1 Å². The van der Waals surface area contributed by atoms with E-state index < -0.39 is 10.6 Å². The van der Waals surface area contributed by atoms with Crippen LogP contribution in [0.2, 0.25) is 0 Å². The largest absolute Gasteiger partial charge is 0.493 e. The predicted octanol–water partition coefficient (Wildman–Crippen LogP) is 1.42. The number of carbonyl (C=O) groups is 2. The summed E-state index contributed by atoms with van der Waals surface area (Å²) in [5.74, 6) is -0.329. The first-order valence-corrected chi connectivity index (χ1v) is 6.79. The van der Waals surface area contributed by atoms with Crippen LogP contribution in [0, 0.1) is 10.1 Å². The Labute approximate surface area is 126 Å². The fourth-order valence-electron chi connectivity index (χ4n) is 2.30. The molecule has 2 rings (SSSR count). The summed E-state index contributed by atoms with van der Waals surface area (Å²) in [5, 5.41) is 11.1. The van der Waals surface area contributed by atoms with Crippen molar-refractivity contribution in [2.75, 3.05) is 26.8 Å². The Balaban J connectivity index is 2.22. The number of hydrogen-bond acceptors (Lipinski definition) is 6. The minimum Gasteiger partial charge on any atom is -0.493 e. The quantitative estimate of drug-likeness (QED) is 0.447. The van der Waals surface area contributed by atoms with Crippen molar-refractivity contribution >= 4 is 17.9 Å². The highest BCUT2D eigenvalue weighted by molar-refractivity contribution is 5.80. The van der Waals surface area contributed by atoms with Gasteiger partial charge in [-0.05, 0) is 18.9 Å². The summed E-state index contributed by atoms with van der Waals surface area (Å²) in [6.07, 6.45) is 2.38. The van der Waals surface area contributed by atoms with Crippen LogP contribution >= 0.6 is 0 Å². The number of likely N-dealkylation sites (tertiary alicyclic amines) is 1. The second kappa shape index (κ2) is 6.88. The molecule has 1 amide bonds. The molecule has 1 heterocycles. The van der Waals surface area contributed by atoms with Gasteiger partial charge >= 0.3 is 5.69 Å². The Morgan fingerprint density at radius 2 is 2.09 bits per heavy atom. The molecule has 1 fully saturated rings. The summed E-state index contributed by atoms with van der Waals surface area (Å²) in [4.78, 5) is 34.9. The second-order valence-electron chi connectivity index (χ2n) is 4.82. The number of ether oxygens (including phenoxy) is 2. The average molecular weight is 308 g/mol. The molecule has 1 aromatic carbocycles. The molecule has 1 aliphatic rings. The zero-order chi connectivity index (χ0) is 16.1. The number of rotatable bonds is 6. The molecule has 0 radical (unpaired) electrons. The maximum Gasteiger partial charge on any atom is 0.315 e. The van der Waals surface area contributed by atoms with Crippen LogP contribution in [0.5, 0.6) is 11.5 Å². The maximum absolute atomic E-state index is 12.0. The molecule has 0 saturated carbocycles. The number of aldehydes is 1. The molecule has 8 heteroatoms. The van der Waals surface area contributed by atoms with Gasteiger partial charge in [-0.2, -0.15) is 0 Å². The monoisotopic (exact) mass is 308 g/mol. The second-order valence-corrected chi connectivity index (χ2v) is 4.82. The van der Waals surface area contributed by atoms with Gasteiger partial charge in [-0.15, -0.1) is 0 Å². The molecule has 0 bridgehead atoms. The fourth-order valence-corrected chi connectivity index (χ4v) is 2.30. The van der Waals surface area contributed by atoms with Crippen molar-refractivity contribution in [3.05, 3.63) is 27.8 Å². The van der Waals surface area contributed by atoms with Gasteiger partial charge in [0.1, 0.15) is 6.29 Å². The molecule has 22 heavy (non-hydrogen) atoms. The van der Waals surface area contributed by atoms with Gasteiger partial charge in [-0.1, -0.05) is 0 Å². The molecular formula is C14H16N2O6. The standard InChI is InChI=1S/C14H16N2O6/c1-21-12-7-10(8-17)6-11(16(19)20)14(12)22-9-13(18)15-4-2-3-5-15/h6-8H,2-5,9H2,1H3. The summed E-state index contributed by atoms with van der Waals surface area (Å²) in [6.45, 7) is 1.04. The lowest BCUT2D eigenvalue weighted by Crippen LogP contribution is -2.32. The molecule has 1 aromatic rings. The molecule has 0 aliphatic carbocycles. The Kier molecular flexibility index (Phi) is 4.92. The molecule has 118 valence electrons. The lowest BCUT2D eigenvalue weighted by Gasteiger charge is -2.16. The highest BCUT2D eigenvalue weighted by atomic mass is 16.6. The van der Waals surface area contributed by atoms with Crippen molar-refractivity contribution in [3.63, 3.8) is 0 Å². The van der Waals surface area contributed by atoms with Gasteiger partial charge in [-0.3, -0.25) is 19.7 Å². The van der Waals surface area contributed by atoms with Gasteiger partial charge in [0.25, 0.3) is 5.91 Å². The van der Waals surface area contributed by atoms with Crippen LogP contribution in [0.3, 0.4) is 0 Å². The first-order valence-electron chi connectivity index (χ1n) is 6.79. The number of benzene rings is 1. The molecule has 1 saturated heterocycles. The topological polar surface area (TPSA) is 99.0 Å². The van der Waals surface area contributed by atoms with E-state index in [9.17, 15) is 19.7 Å². The van der Waals surface area contributed by atoms with Crippen LogP contribution in [-0.4, -0.2) is 48.8 Å². The molecule has 0 N–H and O–H groups in total. The number of methoxy groups -OCH3 is 1. The van der Waals surface area contributed by atoms with E-state index >= 15 is 0 Å². The number of hydrogen-bond donors (Lipinski definition) is 0. The first kappa shape index (κ1) is 15.7. The Bertz CT molecular complexity index is 595. The van der Waals surface area contributed by atoms with Gasteiger partial charge < -0.3 is 14.4 Å². The van der Waals surface area contributed by atoms with E-state index in [1.165, 1.54) is 13.2 Å². The summed E-state index contributed by atoms with van der Waals surface area (Å²) < 4.78 is 10.3. The molecule has 1 aliphatic heterocycles. The first-order chi connectivity index (χ1) is 10.6. The zero-order valence-corrected chi connectivity index (χ0v) is 12.1. The van der Waals surface area contributed by atoms with Crippen LogP contribution in [0.25, 0.3) is 0 Å². The average Bonchev–Trinajstić information content (AvgIpc) is 3.06. The van der Waals surface area contributed by atoms with E-state index in [1.54, 1.807) is 4.90 Å². The fraction of sp³-hybridized carbons (Fsp3) is 0.429. The molecule has 0 unspecified atom stereocenters. The number of carbonyl (C=O) groups excluding carboxylic acids is 2. The Hall–Kier alpha value is -2.64. The van der Waals surface area contributed by atoms with Gasteiger partial charge in [-0.25, -0.2) is 0 Å². The molecular weight excluding hydrogens is 292 g/mol. The van der Waals surface area contributed by atoms with Gasteiger partial charge in [0.15, 0.2) is 12.4 Å². The third-order valence-electron chi connectivity index (χ3n) is 3.41. The smallest absolute Gasteiger partial charge is 0.315 e. The zero-order valence-electron chi connectivity index (χ0n) is 12.1. The van der Waals surface area contributed by atoms with E-state index in [1.807, 2.05) is 0 Å². The van der Waals surface area contributed by atoms with Crippen molar-refractivity contribution in [3.8, 4) is 11.5 Å². The lowest BCUT2D eigenvalue weighted by atomic mass is 10.2. The van der Waals surface area contributed by atoms with Crippen LogP contribution in [0.4, 0.5) is 5.69 Å². The normalized spacial score (nSPS) is 13.8. The van der Waals surface area contributed by atoms with E-state index in [0.29, 0.717) is 19.4 Å². The van der Waals surface area contributed by atoms with Crippen LogP contribution in [-0.2, 0) is 4.79 Å². The third-order valence-corrected chi connectivity index (χ3v) is 3.41. The summed E-state index contributed by atoms with van der Waals surface area (Å²) in [6, 6.07) is 2.42. The number of amides is 1. The third kappa shape index (κ3) is 3.33. The molecule has 0 aromatic heterocycles. The van der Waals surface area contributed by atoms with Crippen molar-refractivity contribution in [2.24, 2.45) is 0 Å². The summed E-state index contributed by atoms with van der Waals surface area (Å²) >= 11 is 0. The van der Waals surface area contributed by atoms with E-state index in [-0.39, 0.29) is 29.6 Å². The van der Waals surface area contributed by atoms with E-state index in [2.05, 4.69) is 0 Å². The molecule has 8 nitrogen and oxygen atoms in total. The molecule has 0 atom stereocenters. The maximum atomic E-state index is 12.0. The number of nitrogens with zero attached hydrogens (tertiary/aromatic N) is 2. The highest BCUT2D eigenvalue weighted by Crippen LogP contribution is 2.38. The Morgan fingerprint density at radius 1 is 1.41 bits per heavy atom. The summed E-state index contributed by atoms with van der Waals surface area (Å²) in [5.41, 5.74) is -0.308. The van der Waals surface area contributed by atoms with Gasteiger partial charge in [0.05, 0.1) is 12.0 Å². The van der Waals surface area contributed by atoms with E-state index in [4.69, 9.17) is 9.47 Å². The van der Waals surface area contributed by atoms with E-state index in [0.717, 1.165) is 18.9 Å². The number of nitro benzene ring substituents is 1. The van der Waals surface area contributed by atoms with Crippen LogP contribution < -0.4 is 9.47 Å². The van der Waals surface area contributed by atoms with Crippen molar-refractivity contribution in [1.29, 1.82) is 0 Å². The Morgan fingerprint density at radius 3 is 2.64 bits per heavy atom. The van der Waals surface area contributed by atoms with Crippen molar-refractivity contribution in [2.45, 2.75) is 12.8 Å². The predicted molar refractivity (Wildman–Crippen MR) is 76.3 cm³/mol. The summed E-state index contributed by atoms with van der Waals surface area (Å²) in [7, 11) is 1.31. The van der Waals surface area contributed by atoms with Crippen LogP contribution in [0.1, 0.15) is 23.2 Å². The van der Waals surface area contributed by atoms with Crippen molar-refractivity contribution in [1.82, 2.24) is 4.90 Å².